The Balaban J connectivity index is 1.32. The van der Waals surface area contributed by atoms with E-state index in [9.17, 15) is 13.2 Å². The number of benzene rings is 2. The predicted octanol–water partition coefficient (Wildman–Crippen LogP) is 2.85. The standard InChI is InChI=1S/C21H22ClN5O3S2/c22-15-6-8-16(9-7-15)25-11-13-26(14-12-25)21(28)18-4-2-10-27(18)32(29,30)19-5-1-3-17-20(19)24-31-23-17/h1,3,5-9,18H,2,4,10-14H2/t18-/m1/s1. The summed E-state index contributed by atoms with van der Waals surface area (Å²) in [6.45, 7) is 2.82. The van der Waals surface area contributed by atoms with Crippen LogP contribution in [0, 0.1) is 0 Å². The maximum absolute atomic E-state index is 13.5. The molecule has 168 valence electrons. The Morgan fingerprint density at radius 3 is 2.50 bits per heavy atom. The van der Waals surface area contributed by atoms with Gasteiger partial charge in [0.15, 0.2) is 0 Å². The molecule has 3 aromatic rings. The van der Waals surface area contributed by atoms with E-state index < -0.39 is 16.1 Å². The van der Waals surface area contributed by atoms with Crippen molar-refractivity contribution in [3.63, 3.8) is 0 Å². The lowest BCUT2D eigenvalue weighted by atomic mass is 10.1. The minimum atomic E-state index is -3.86. The smallest absolute Gasteiger partial charge is 0.246 e. The van der Waals surface area contributed by atoms with E-state index in [1.165, 1.54) is 4.31 Å². The van der Waals surface area contributed by atoms with Gasteiger partial charge in [-0.15, -0.1) is 0 Å². The van der Waals surface area contributed by atoms with E-state index in [-0.39, 0.29) is 10.8 Å². The van der Waals surface area contributed by atoms with Gasteiger partial charge in [0.05, 0.1) is 11.7 Å². The lowest BCUT2D eigenvalue weighted by Crippen LogP contribution is -2.54. The molecule has 11 heteroatoms. The van der Waals surface area contributed by atoms with Crippen molar-refractivity contribution < 1.29 is 13.2 Å². The normalized spacial score (nSPS) is 20.2. The van der Waals surface area contributed by atoms with Crippen LogP contribution in [0.25, 0.3) is 11.0 Å². The first-order chi connectivity index (χ1) is 15.4. The Labute approximate surface area is 195 Å². The highest BCUT2D eigenvalue weighted by molar-refractivity contribution is 7.89. The lowest BCUT2D eigenvalue weighted by molar-refractivity contribution is -0.134. The topological polar surface area (TPSA) is 86.7 Å². The molecular weight excluding hydrogens is 470 g/mol. The van der Waals surface area contributed by atoms with Crippen LogP contribution in [0.1, 0.15) is 12.8 Å². The van der Waals surface area contributed by atoms with Gasteiger partial charge in [0, 0.05) is 43.4 Å². The monoisotopic (exact) mass is 491 g/mol. The van der Waals surface area contributed by atoms with Gasteiger partial charge in [0.25, 0.3) is 0 Å². The molecule has 2 saturated heterocycles. The number of hydrogen-bond acceptors (Lipinski definition) is 7. The molecule has 1 aromatic heterocycles. The molecule has 0 radical (unpaired) electrons. The maximum atomic E-state index is 13.5. The average molecular weight is 492 g/mol. The van der Waals surface area contributed by atoms with Crippen molar-refractivity contribution in [2.24, 2.45) is 0 Å². The van der Waals surface area contributed by atoms with Crippen molar-refractivity contribution in [1.82, 2.24) is 18.0 Å². The van der Waals surface area contributed by atoms with Gasteiger partial charge in [-0.2, -0.15) is 13.1 Å². The summed E-state index contributed by atoms with van der Waals surface area (Å²) in [6, 6.07) is 11.9. The number of piperazine rings is 1. The first-order valence-electron chi connectivity index (χ1n) is 10.5. The van der Waals surface area contributed by atoms with Gasteiger partial charge in [-0.25, -0.2) is 8.42 Å². The van der Waals surface area contributed by atoms with Crippen molar-refractivity contribution in [2.45, 2.75) is 23.8 Å². The van der Waals surface area contributed by atoms with E-state index in [1.54, 1.807) is 23.1 Å². The number of anilines is 1. The second kappa shape index (κ2) is 8.58. The fourth-order valence-electron chi connectivity index (χ4n) is 4.44. The minimum Gasteiger partial charge on any atom is -0.368 e. The van der Waals surface area contributed by atoms with Crippen molar-refractivity contribution in [3.8, 4) is 0 Å². The zero-order valence-corrected chi connectivity index (χ0v) is 19.6. The summed E-state index contributed by atoms with van der Waals surface area (Å²) in [6.07, 6.45) is 1.19. The quantitative estimate of drug-likeness (QED) is 0.557. The summed E-state index contributed by atoms with van der Waals surface area (Å²) in [5, 5.41) is 0.689. The van der Waals surface area contributed by atoms with Gasteiger partial charge in [-0.3, -0.25) is 4.79 Å². The summed E-state index contributed by atoms with van der Waals surface area (Å²) in [5.74, 6) is -0.120. The van der Waals surface area contributed by atoms with Crippen molar-refractivity contribution >= 4 is 56.0 Å². The number of fused-ring (bicyclic) bond motifs is 1. The molecule has 2 aromatic carbocycles. The van der Waals surface area contributed by atoms with Gasteiger partial charge >= 0.3 is 0 Å². The summed E-state index contributed by atoms with van der Waals surface area (Å²) in [7, 11) is -3.86. The number of rotatable bonds is 4. The van der Waals surface area contributed by atoms with Crippen LogP contribution in [0.15, 0.2) is 47.4 Å². The SMILES string of the molecule is O=C([C@H]1CCCN1S(=O)(=O)c1cccc2nsnc12)N1CCN(c2ccc(Cl)cc2)CC1. The molecule has 5 rings (SSSR count). The molecule has 2 fully saturated rings. The number of sulfonamides is 1. The third-order valence-corrected chi connectivity index (χ3v) is 8.84. The highest BCUT2D eigenvalue weighted by Crippen LogP contribution is 2.31. The molecule has 2 aliphatic heterocycles. The van der Waals surface area contributed by atoms with Crippen LogP contribution >= 0.6 is 23.3 Å². The summed E-state index contributed by atoms with van der Waals surface area (Å²) in [4.78, 5) is 17.5. The second-order valence-corrected chi connectivity index (χ2v) is 10.8. The third kappa shape index (κ3) is 3.85. The second-order valence-electron chi connectivity index (χ2n) is 7.95. The van der Waals surface area contributed by atoms with Gasteiger partial charge in [0.2, 0.25) is 15.9 Å². The van der Waals surface area contributed by atoms with Crippen LogP contribution in [0.2, 0.25) is 5.02 Å². The van der Waals surface area contributed by atoms with Gasteiger partial charge < -0.3 is 9.80 Å². The van der Waals surface area contributed by atoms with Gasteiger partial charge in [-0.1, -0.05) is 17.7 Å². The minimum absolute atomic E-state index is 0.120. The van der Waals surface area contributed by atoms with E-state index in [0.717, 1.165) is 17.4 Å². The molecular formula is C21H22ClN5O3S2. The van der Waals surface area contributed by atoms with E-state index in [0.29, 0.717) is 61.6 Å². The van der Waals surface area contributed by atoms with Crippen molar-refractivity contribution in [3.05, 3.63) is 47.5 Å². The van der Waals surface area contributed by atoms with Crippen LogP contribution in [0.3, 0.4) is 0 Å². The third-order valence-electron chi connectivity index (χ3n) is 6.11. The molecule has 1 amide bonds. The molecule has 0 unspecified atom stereocenters. The average Bonchev–Trinajstić information content (AvgIpc) is 3.49. The number of halogens is 1. The number of aromatic nitrogens is 2. The van der Waals surface area contributed by atoms with Crippen molar-refractivity contribution in [2.75, 3.05) is 37.6 Å². The number of nitrogens with zero attached hydrogens (tertiary/aromatic N) is 5. The fourth-order valence-corrected chi connectivity index (χ4v) is 6.97. The first kappa shape index (κ1) is 21.6. The van der Waals surface area contributed by atoms with E-state index in [1.807, 2.05) is 24.3 Å². The Morgan fingerprint density at radius 1 is 1.00 bits per heavy atom. The molecule has 3 heterocycles. The highest BCUT2D eigenvalue weighted by atomic mass is 35.5. The van der Waals surface area contributed by atoms with Crippen molar-refractivity contribution in [1.29, 1.82) is 0 Å². The van der Waals surface area contributed by atoms with Crippen LogP contribution in [-0.4, -0.2) is 71.0 Å². The molecule has 0 saturated carbocycles. The molecule has 0 bridgehead atoms. The molecule has 32 heavy (non-hydrogen) atoms. The highest BCUT2D eigenvalue weighted by Gasteiger charge is 2.42. The molecule has 8 nitrogen and oxygen atoms in total. The van der Waals surface area contributed by atoms with E-state index in [4.69, 9.17) is 11.6 Å². The number of hydrogen-bond donors (Lipinski definition) is 0. The van der Waals surface area contributed by atoms with E-state index in [2.05, 4.69) is 13.6 Å². The Kier molecular flexibility index (Phi) is 5.79. The molecule has 2 aliphatic rings. The molecule has 1 atom stereocenters. The number of carbonyl (C=O) groups is 1. The van der Waals surface area contributed by atoms with Crippen LogP contribution in [0.4, 0.5) is 5.69 Å². The first-order valence-corrected chi connectivity index (χ1v) is 13.0. The zero-order valence-electron chi connectivity index (χ0n) is 17.2. The maximum Gasteiger partial charge on any atom is 0.246 e. The zero-order chi connectivity index (χ0) is 22.3. The largest absolute Gasteiger partial charge is 0.368 e. The summed E-state index contributed by atoms with van der Waals surface area (Å²) in [5.41, 5.74) is 1.99. The van der Waals surface area contributed by atoms with Gasteiger partial charge in [-0.05, 0) is 49.2 Å². The summed E-state index contributed by atoms with van der Waals surface area (Å²) < 4.78 is 36.6. The number of carbonyl (C=O) groups excluding carboxylic acids is 1. The predicted molar refractivity (Wildman–Crippen MR) is 125 cm³/mol. The van der Waals surface area contributed by atoms with Gasteiger partial charge in [0.1, 0.15) is 22.0 Å². The van der Waals surface area contributed by atoms with Crippen LogP contribution in [-0.2, 0) is 14.8 Å². The molecule has 0 aliphatic carbocycles. The molecule has 0 N–H and O–H groups in total. The Morgan fingerprint density at radius 2 is 1.75 bits per heavy atom. The Bertz CT molecular complexity index is 1240. The summed E-state index contributed by atoms with van der Waals surface area (Å²) >= 11 is 6.96. The fraction of sp³-hybridized carbons (Fsp3) is 0.381. The van der Waals surface area contributed by atoms with E-state index >= 15 is 0 Å². The number of amides is 1. The van der Waals surface area contributed by atoms with Crippen LogP contribution < -0.4 is 4.90 Å². The molecule has 0 spiro atoms. The Hall–Kier alpha value is -2.27. The van der Waals surface area contributed by atoms with Crippen LogP contribution in [0.5, 0.6) is 0 Å². The lowest BCUT2D eigenvalue weighted by Gasteiger charge is -2.38.